The van der Waals surface area contributed by atoms with Crippen molar-refractivity contribution >= 4 is 23.3 Å². The van der Waals surface area contributed by atoms with Gasteiger partial charge in [-0.15, -0.1) is 0 Å². The zero-order chi connectivity index (χ0) is 16.7. The van der Waals surface area contributed by atoms with Gasteiger partial charge in [0.05, 0.1) is 0 Å². The largest absolute Gasteiger partial charge is 0.348 e. The minimum atomic E-state index is -0.696. The maximum absolute atomic E-state index is 11.8. The van der Waals surface area contributed by atoms with E-state index in [4.69, 9.17) is 0 Å². The second kappa shape index (κ2) is 8.27. The van der Waals surface area contributed by atoms with Crippen molar-refractivity contribution in [3.63, 3.8) is 0 Å². The van der Waals surface area contributed by atoms with Gasteiger partial charge in [0.2, 0.25) is 0 Å². The normalized spacial score (nSPS) is 13.9. The van der Waals surface area contributed by atoms with Gasteiger partial charge in [0.25, 0.3) is 0 Å². The number of amides is 2. The molecule has 0 saturated heterocycles. The Labute approximate surface area is 136 Å². The van der Waals surface area contributed by atoms with Gasteiger partial charge in [-0.1, -0.05) is 11.6 Å². The topological polar surface area (TPSA) is 75.3 Å². The summed E-state index contributed by atoms with van der Waals surface area (Å²) in [6.45, 7) is 1.95. The third kappa shape index (κ3) is 5.36. The highest BCUT2D eigenvalue weighted by Gasteiger charge is 2.13. The molecule has 1 aliphatic carbocycles. The summed E-state index contributed by atoms with van der Waals surface area (Å²) in [4.78, 5) is 34.8. The number of carbonyl (C=O) groups excluding carboxylic acids is 3. The third-order valence-corrected chi connectivity index (χ3v) is 3.87. The van der Waals surface area contributed by atoms with Gasteiger partial charge < -0.3 is 10.6 Å². The van der Waals surface area contributed by atoms with Crippen LogP contribution < -0.4 is 10.6 Å². The van der Waals surface area contributed by atoms with Crippen molar-refractivity contribution in [1.82, 2.24) is 5.32 Å². The summed E-state index contributed by atoms with van der Waals surface area (Å²) in [5.74, 6) is -1.38. The Balaban J connectivity index is 1.77. The Hall–Kier alpha value is -2.43. The molecule has 5 nitrogen and oxygen atoms in total. The maximum atomic E-state index is 11.8. The monoisotopic (exact) mass is 314 g/mol. The van der Waals surface area contributed by atoms with E-state index in [1.54, 1.807) is 24.3 Å². The molecule has 23 heavy (non-hydrogen) atoms. The van der Waals surface area contributed by atoms with Gasteiger partial charge in [-0.2, -0.15) is 0 Å². The Morgan fingerprint density at radius 2 is 1.78 bits per heavy atom. The average molecular weight is 314 g/mol. The molecular formula is C18H22N2O3. The predicted molar refractivity (Wildman–Crippen MR) is 89.3 cm³/mol. The summed E-state index contributed by atoms with van der Waals surface area (Å²) in [6, 6.07) is 6.44. The van der Waals surface area contributed by atoms with Crippen LogP contribution in [0.5, 0.6) is 0 Å². The number of hydrogen-bond donors (Lipinski definition) is 2. The summed E-state index contributed by atoms with van der Waals surface area (Å²) in [5, 5.41) is 5.15. The molecule has 1 aromatic carbocycles. The van der Waals surface area contributed by atoms with Crippen molar-refractivity contribution < 1.29 is 14.4 Å². The molecule has 0 saturated carbocycles. The number of carbonyl (C=O) groups is 3. The molecule has 5 heteroatoms. The van der Waals surface area contributed by atoms with E-state index in [1.807, 2.05) is 0 Å². The number of anilines is 1. The molecule has 0 unspecified atom stereocenters. The van der Waals surface area contributed by atoms with Gasteiger partial charge in [-0.05, 0) is 63.3 Å². The molecule has 0 atom stereocenters. The molecule has 0 fully saturated rings. The van der Waals surface area contributed by atoms with Gasteiger partial charge in [-0.25, -0.2) is 0 Å². The molecule has 0 aliphatic heterocycles. The first-order valence-corrected chi connectivity index (χ1v) is 7.94. The summed E-state index contributed by atoms with van der Waals surface area (Å²) in [6.07, 6.45) is 7.67. The van der Waals surface area contributed by atoms with Crippen LogP contribution in [0.25, 0.3) is 0 Å². The first kappa shape index (κ1) is 16.9. The summed E-state index contributed by atoms with van der Waals surface area (Å²) in [7, 11) is 0. The van der Waals surface area contributed by atoms with Crippen LogP contribution in [0.2, 0.25) is 0 Å². The fraction of sp³-hybridized carbons (Fsp3) is 0.389. The number of nitrogens with one attached hydrogen (secondary N) is 2. The molecule has 122 valence electrons. The van der Waals surface area contributed by atoms with Gasteiger partial charge in [0.15, 0.2) is 5.78 Å². The first-order valence-electron chi connectivity index (χ1n) is 7.94. The van der Waals surface area contributed by atoms with Crippen LogP contribution in [-0.2, 0) is 9.59 Å². The minimum absolute atomic E-state index is 0.0439. The lowest BCUT2D eigenvalue weighted by atomic mass is 9.97. The molecule has 0 heterocycles. The molecule has 2 amide bonds. The number of rotatable bonds is 5. The molecule has 2 rings (SSSR count). The maximum Gasteiger partial charge on any atom is 0.313 e. The van der Waals surface area contributed by atoms with E-state index >= 15 is 0 Å². The quantitative estimate of drug-likeness (QED) is 0.498. The van der Waals surface area contributed by atoms with Crippen molar-refractivity contribution in [3.05, 3.63) is 41.5 Å². The second-order valence-electron chi connectivity index (χ2n) is 5.70. The molecule has 0 radical (unpaired) electrons. The van der Waals surface area contributed by atoms with Gasteiger partial charge in [0, 0.05) is 17.8 Å². The molecular weight excluding hydrogens is 292 g/mol. The van der Waals surface area contributed by atoms with Crippen molar-refractivity contribution in [2.45, 2.75) is 39.0 Å². The van der Waals surface area contributed by atoms with E-state index < -0.39 is 11.8 Å². The highest BCUT2D eigenvalue weighted by atomic mass is 16.2. The number of Topliss-reactive ketones (excluding diaryl/α,β-unsaturated/α-hetero) is 1. The van der Waals surface area contributed by atoms with E-state index in [2.05, 4.69) is 16.7 Å². The first-order chi connectivity index (χ1) is 11.1. The van der Waals surface area contributed by atoms with Crippen molar-refractivity contribution in [2.24, 2.45) is 0 Å². The SMILES string of the molecule is CC(=O)c1ccc(NC(=O)C(=O)NCCC2=CCCCC2)cc1. The van der Waals surface area contributed by atoms with E-state index in [-0.39, 0.29) is 5.78 Å². The second-order valence-corrected chi connectivity index (χ2v) is 5.70. The van der Waals surface area contributed by atoms with Crippen LogP contribution in [0.4, 0.5) is 5.69 Å². The lowest BCUT2D eigenvalue weighted by molar-refractivity contribution is -0.136. The highest BCUT2D eigenvalue weighted by Crippen LogP contribution is 2.19. The third-order valence-electron chi connectivity index (χ3n) is 3.87. The highest BCUT2D eigenvalue weighted by molar-refractivity contribution is 6.39. The van der Waals surface area contributed by atoms with Gasteiger partial charge >= 0.3 is 11.8 Å². The molecule has 0 bridgehead atoms. The molecule has 0 aromatic heterocycles. The number of benzene rings is 1. The zero-order valence-corrected chi connectivity index (χ0v) is 13.4. The van der Waals surface area contributed by atoms with Crippen molar-refractivity contribution in [2.75, 3.05) is 11.9 Å². The van der Waals surface area contributed by atoms with Gasteiger partial charge in [-0.3, -0.25) is 14.4 Å². The molecule has 1 aromatic rings. The fourth-order valence-corrected chi connectivity index (χ4v) is 2.52. The molecule has 2 N–H and O–H groups in total. The molecule has 1 aliphatic rings. The van der Waals surface area contributed by atoms with Crippen LogP contribution in [0, 0.1) is 0 Å². The molecule has 0 spiro atoms. The summed E-state index contributed by atoms with van der Waals surface area (Å²) >= 11 is 0. The van der Waals surface area contributed by atoms with Crippen molar-refractivity contribution in [3.8, 4) is 0 Å². The fourth-order valence-electron chi connectivity index (χ4n) is 2.52. The predicted octanol–water partition coefficient (Wildman–Crippen LogP) is 2.83. The lowest BCUT2D eigenvalue weighted by Gasteiger charge is -2.12. The lowest BCUT2D eigenvalue weighted by Crippen LogP contribution is -2.36. The smallest absolute Gasteiger partial charge is 0.313 e. The van der Waals surface area contributed by atoms with E-state index in [0.29, 0.717) is 17.8 Å². The average Bonchev–Trinajstić information content (AvgIpc) is 2.56. The van der Waals surface area contributed by atoms with Crippen LogP contribution in [-0.4, -0.2) is 24.1 Å². The number of ketones is 1. The van der Waals surface area contributed by atoms with Crippen LogP contribution in [0.3, 0.4) is 0 Å². The van der Waals surface area contributed by atoms with E-state index in [0.717, 1.165) is 19.3 Å². The summed E-state index contributed by atoms with van der Waals surface area (Å²) in [5.41, 5.74) is 2.41. The van der Waals surface area contributed by atoms with Crippen LogP contribution in [0.1, 0.15) is 49.4 Å². The van der Waals surface area contributed by atoms with Gasteiger partial charge in [0.1, 0.15) is 0 Å². The Bertz CT molecular complexity index is 618. The Morgan fingerprint density at radius 3 is 2.39 bits per heavy atom. The van der Waals surface area contributed by atoms with Crippen LogP contribution >= 0.6 is 0 Å². The Kier molecular flexibility index (Phi) is 6.09. The standard InChI is InChI=1S/C18H22N2O3/c1-13(21)15-7-9-16(10-8-15)20-18(23)17(22)19-12-11-14-5-3-2-4-6-14/h5,7-10H,2-4,6,11-12H2,1H3,(H,19,22)(H,20,23). The Morgan fingerprint density at radius 1 is 1.04 bits per heavy atom. The zero-order valence-electron chi connectivity index (χ0n) is 13.4. The number of allylic oxidation sites excluding steroid dienone is 1. The van der Waals surface area contributed by atoms with E-state index in [9.17, 15) is 14.4 Å². The van der Waals surface area contributed by atoms with E-state index in [1.165, 1.54) is 25.3 Å². The minimum Gasteiger partial charge on any atom is -0.348 e. The van der Waals surface area contributed by atoms with Crippen molar-refractivity contribution in [1.29, 1.82) is 0 Å². The van der Waals surface area contributed by atoms with Crippen LogP contribution in [0.15, 0.2) is 35.9 Å². The summed E-state index contributed by atoms with van der Waals surface area (Å²) < 4.78 is 0. The number of hydrogen-bond acceptors (Lipinski definition) is 3.